The minimum absolute atomic E-state index is 0.0905. The molecule has 0 aliphatic heterocycles. The normalized spacial score (nSPS) is 19.0. The molecule has 1 aliphatic carbocycles. The molecule has 0 bridgehead atoms. The second-order valence-electron chi connectivity index (χ2n) is 6.19. The van der Waals surface area contributed by atoms with E-state index in [4.69, 9.17) is 4.74 Å². The summed E-state index contributed by atoms with van der Waals surface area (Å²) in [4.78, 5) is 23.4. The van der Waals surface area contributed by atoms with Gasteiger partial charge in [-0.3, -0.25) is 9.59 Å². The quantitative estimate of drug-likeness (QED) is 0.832. The second kappa shape index (κ2) is 7.05. The summed E-state index contributed by atoms with van der Waals surface area (Å²) in [6.07, 6.45) is 1.59. The van der Waals surface area contributed by atoms with E-state index >= 15 is 0 Å². The van der Waals surface area contributed by atoms with Gasteiger partial charge in [0.15, 0.2) is 6.61 Å². The van der Waals surface area contributed by atoms with Crippen molar-refractivity contribution >= 4 is 33.3 Å². The van der Waals surface area contributed by atoms with E-state index in [1.54, 1.807) is 12.1 Å². The Kier molecular flexibility index (Phi) is 5.34. The van der Waals surface area contributed by atoms with Gasteiger partial charge >= 0.3 is 0 Å². The van der Waals surface area contributed by atoms with Crippen molar-refractivity contribution < 1.29 is 14.3 Å². The van der Waals surface area contributed by atoms with Gasteiger partial charge in [0.2, 0.25) is 0 Å². The zero-order chi connectivity index (χ0) is 16.2. The van der Waals surface area contributed by atoms with Crippen molar-refractivity contribution in [3.05, 3.63) is 28.7 Å². The summed E-state index contributed by atoms with van der Waals surface area (Å²) in [5.74, 6) is 0.432. The van der Waals surface area contributed by atoms with Crippen LogP contribution in [0.5, 0.6) is 5.75 Å². The largest absolute Gasteiger partial charge is 0.484 e. The van der Waals surface area contributed by atoms with Gasteiger partial charge < -0.3 is 4.74 Å². The number of carbonyl (C=O) groups is 2. The molecular formula is C16H19BrN2O3. The predicted octanol–water partition coefficient (Wildman–Crippen LogP) is 3.08. The van der Waals surface area contributed by atoms with Gasteiger partial charge in [0.25, 0.3) is 5.91 Å². The Morgan fingerprint density at radius 2 is 2.00 bits per heavy atom. The zero-order valence-corrected chi connectivity index (χ0v) is 14.3. The summed E-state index contributed by atoms with van der Waals surface area (Å²) < 4.78 is 6.30. The monoisotopic (exact) mass is 366 g/mol. The first-order valence-corrected chi connectivity index (χ1v) is 7.88. The Morgan fingerprint density at radius 1 is 1.32 bits per heavy atom. The number of Topliss-reactive ketones (excluding diaryl/α,β-unsaturated/α-hetero) is 1. The van der Waals surface area contributed by atoms with E-state index in [2.05, 4.69) is 26.5 Å². The SMILES string of the molecule is CC1(C)CC(=O)CC(=NNC(=O)COc2ccc(Br)cc2)C1. The molecule has 5 nitrogen and oxygen atoms in total. The van der Waals surface area contributed by atoms with Gasteiger partial charge in [-0.1, -0.05) is 29.8 Å². The number of hydrazone groups is 1. The molecule has 0 aromatic heterocycles. The number of benzene rings is 1. The smallest absolute Gasteiger partial charge is 0.277 e. The van der Waals surface area contributed by atoms with Gasteiger partial charge in [-0.15, -0.1) is 0 Å². The number of carbonyl (C=O) groups excluding carboxylic acids is 2. The molecule has 1 amide bonds. The fraction of sp³-hybridized carbons (Fsp3) is 0.438. The van der Waals surface area contributed by atoms with Crippen molar-refractivity contribution in [2.45, 2.75) is 33.1 Å². The standard InChI is InChI=1S/C16H19BrN2O3/c1-16(2)8-12(7-13(20)9-16)18-19-15(21)10-22-14-5-3-11(17)4-6-14/h3-6H,7-10H2,1-2H3,(H,19,21). The molecule has 1 N–H and O–H groups in total. The molecule has 0 atom stereocenters. The fourth-order valence-electron chi connectivity index (χ4n) is 2.43. The van der Waals surface area contributed by atoms with E-state index < -0.39 is 0 Å². The number of rotatable bonds is 4. The van der Waals surface area contributed by atoms with E-state index in [-0.39, 0.29) is 23.7 Å². The van der Waals surface area contributed by atoms with E-state index in [0.717, 1.165) is 10.2 Å². The molecule has 2 rings (SSSR count). The van der Waals surface area contributed by atoms with Crippen LogP contribution in [0.3, 0.4) is 0 Å². The van der Waals surface area contributed by atoms with Crippen LogP contribution in [0.25, 0.3) is 0 Å². The molecule has 1 aliphatic rings. The van der Waals surface area contributed by atoms with Gasteiger partial charge in [-0.2, -0.15) is 5.10 Å². The molecular weight excluding hydrogens is 348 g/mol. The number of amides is 1. The Hall–Kier alpha value is -1.69. The molecule has 6 heteroatoms. The van der Waals surface area contributed by atoms with Crippen molar-refractivity contribution in [2.75, 3.05) is 6.61 Å². The number of nitrogens with zero attached hydrogens (tertiary/aromatic N) is 1. The first-order valence-electron chi connectivity index (χ1n) is 7.08. The van der Waals surface area contributed by atoms with Crippen molar-refractivity contribution in [3.63, 3.8) is 0 Å². The summed E-state index contributed by atoms with van der Waals surface area (Å²) >= 11 is 3.33. The molecule has 1 fully saturated rings. The van der Waals surface area contributed by atoms with Gasteiger partial charge in [0.05, 0.1) is 0 Å². The van der Waals surface area contributed by atoms with Crippen LogP contribution in [-0.4, -0.2) is 24.0 Å². The van der Waals surface area contributed by atoms with Crippen molar-refractivity contribution in [2.24, 2.45) is 10.5 Å². The highest BCUT2D eigenvalue weighted by Crippen LogP contribution is 2.31. The minimum Gasteiger partial charge on any atom is -0.484 e. The van der Waals surface area contributed by atoms with Crippen LogP contribution in [-0.2, 0) is 9.59 Å². The molecule has 1 aromatic rings. The number of ketones is 1. The molecule has 0 heterocycles. The summed E-state index contributed by atoms with van der Waals surface area (Å²) in [5.41, 5.74) is 3.09. The lowest BCUT2D eigenvalue weighted by atomic mass is 9.76. The maximum Gasteiger partial charge on any atom is 0.277 e. The van der Waals surface area contributed by atoms with Crippen molar-refractivity contribution in [3.8, 4) is 5.75 Å². The molecule has 22 heavy (non-hydrogen) atoms. The summed E-state index contributed by atoms with van der Waals surface area (Å²) in [6.45, 7) is 3.94. The summed E-state index contributed by atoms with van der Waals surface area (Å²) in [6, 6.07) is 7.21. The molecule has 0 unspecified atom stereocenters. The van der Waals surface area contributed by atoms with E-state index in [9.17, 15) is 9.59 Å². The lowest BCUT2D eigenvalue weighted by Crippen LogP contribution is -2.32. The summed E-state index contributed by atoms with van der Waals surface area (Å²) in [7, 11) is 0. The van der Waals surface area contributed by atoms with Crippen molar-refractivity contribution in [1.29, 1.82) is 0 Å². The number of nitrogens with one attached hydrogen (secondary N) is 1. The predicted molar refractivity (Wildman–Crippen MR) is 87.9 cm³/mol. The van der Waals surface area contributed by atoms with E-state index in [1.165, 1.54) is 0 Å². The van der Waals surface area contributed by atoms with Crippen LogP contribution in [0.4, 0.5) is 0 Å². The van der Waals surface area contributed by atoms with Gasteiger partial charge in [0.1, 0.15) is 11.5 Å². The minimum atomic E-state index is -0.341. The zero-order valence-electron chi connectivity index (χ0n) is 12.7. The average Bonchev–Trinajstić information content (AvgIpc) is 2.42. The van der Waals surface area contributed by atoms with E-state index in [1.807, 2.05) is 26.0 Å². The fourth-order valence-corrected chi connectivity index (χ4v) is 2.70. The average molecular weight is 367 g/mol. The van der Waals surface area contributed by atoms with Gasteiger partial charge in [-0.05, 0) is 36.1 Å². The number of hydrogen-bond acceptors (Lipinski definition) is 4. The maximum absolute atomic E-state index is 11.7. The third kappa shape index (κ3) is 5.26. The third-order valence-electron chi connectivity index (χ3n) is 3.28. The Labute approximate surface area is 138 Å². The highest BCUT2D eigenvalue weighted by atomic mass is 79.9. The van der Waals surface area contributed by atoms with Crippen LogP contribution in [0.2, 0.25) is 0 Å². The lowest BCUT2D eigenvalue weighted by Gasteiger charge is -2.28. The maximum atomic E-state index is 11.7. The van der Waals surface area contributed by atoms with Gasteiger partial charge in [0, 0.05) is 23.0 Å². The van der Waals surface area contributed by atoms with Crippen molar-refractivity contribution in [1.82, 2.24) is 5.43 Å². The second-order valence-corrected chi connectivity index (χ2v) is 7.10. The number of hydrogen-bond donors (Lipinski definition) is 1. The Morgan fingerprint density at radius 3 is 2.64 bits per heavy atom. The highest BCUT2D eigenvalue weighted by Gasteiger charge is 2.30. The van der Waals surface area contributed by atoms with Crippen LogP contribution >= 0.6 is 15.9 Å². The number of ether oxygens (including phenoxy) is 1. The van der Waals surface area contributed by atoms with Crippen LogP contribution in [0.15, 0.2) is 33.8 Å². The molecule has 0 saturated heterocycles. The molecule has 118 valence electrons. The lowest BCUT2D eigenvalue weighted by molar-refractivity contribution is -0.123. The summed E-state index contributed by atoms with van der Waals surface area (Å²) in [5, 5.41) is 4.06. The van der Waals surface area contributed by atoms with Gasteiger partial charge in [-0.25, -0.2) is 5.43 Å². The van der Waals surface area contributed by atoms with Crippen LogP contribution < -0.4 is 10.2 Å². The first-order chi connectivity index (χ1) is 10.3. The van der Waals surface area contributed by atoms with Crippen LogP contribution in [0, 0.1) is 5.41 Å². The molecule has 0 radical (unpaired) electrons. The third-order valence-corrected chi connectivity index (χ3v) is 3.81. The Balaban J connectivity index is 1.83. The number of halogens is 1. The molecule has 1 saturated carbocycles. The Bertz CT molecular complexity index is 594. The molecule has 0 spiro atoms. The van der Waals surface area contributed by atoms with Crippen LogP contribution in [0.1, 0.15) is 33.1 Å². The first kappa shape index (κ1) is 16.7. The molecule has 1 aromatic carbocycles. The van der Waals surface area contributed by atoms with E-state index in [0.29, 0.717) is 25.0 Å². The highest BCUT2D eigenvalue weighted by molar-refractivity contribution is 9.10. The topological polar surface area (TPSA) is 67.8 Å².